The van der Waals surface area contributed by atoms with Gasteiger partial charge in [0.25, 0.3) is 0 Å². The number of benzene rings is 1. The fourth-order valence-electron chi connectivity index (χ4n) is 2.76. The van der Waals surface area contributed by atoms with Crippen LogP contribution in [0.5, 0.6) is 11.5 Å². The van der Waals surface area contributed by atoms with Gasteiger partial charge in [-0.05, 0) is 23.3 Å². The van der Waals surface area contributed by atoms with Crippen LogP contribution in [0.3, 0.4) is 0 Å². The third kappa shape index (κ3) is 2.40. The zero-order chi connectivity index (χ0) is 14.9. The van der Waals surface area contributed by atoms with E-state index in [9.17, 15) is 4.79 Å². The summed E-state index contributed by atoms with van der Waals surface area (Å²) in [5.41, 5.74) is 2.07. The van der Waals surface area contributed by atoms with Gasteiger partial charge < -0.3 is 19.1 Å². The van der Waals surface area contributed by atoms with Gasteiger partial charge in [0.2, 0.25) is 0 Å². The maximum absolute atomic E-state index is 11.8. The van der Waals surface area contributed by atoms with Crippen molar-refractivity contribution in [2.45, 2.75) is 25.8 Å². The zero-order valence-electron chi connectivity index (χ0n) is 12.6. The minimum atomic E-state index is -0.307. The van der Waals surface area contributed by atoms with Gasteiger partial charge in [0.05, 0.1) is 21.3 Å². The normalized spacial score (nSPS) is 16.4. The van der Waals surface area contributed by atoms with Gasteiger partial charge in [-0.15, -0.1) is 0 Å². The molecule has 20 heavy (non-hydrogen) atoms. The lowest BCUT2D eigenvalue weighted by molar-refractivity contribution is 0.106. The molecule has 0 spiro atoms. The van der Waals surface area contributed by atoms with Crippen LogP contribution in [0, 0.1) is 0 Å². The predicted octanol–water partition coefficient (Wildman–Crippen LogP) is 2.56. The molecule has 1 aromatic rings. The van der Waals surface area contributed by atoms with E-state index in [1.807, 2.05) is 12.1 Å². The summed E-state index contributed by atoms with van der Waals surface area (Å²) < 4.78 is 15.5. The number of carbonyl (C=O) groups is 1. The SMILES string of the molecule is COC(=O)N1Cc2cc(OC)c(OC)cc2C(C)(C)C1. The smallest absolute Gasteiger partial charge is 0.409 e. The molecule has 0 fully saturated rings. The number of amides is 1. The lowest BCUT2D eigenvalue weighted by Crippen LogP contribution is -2.45. The summed E-state index contributed by atoms with van der Waals surface area (Å²) in [6, 6.07) is 3.94. The average Bonchev–Trinajstić information content (AvgIpc) is 2.44. The number of hydrogen-bond acceptors (Lipinski definition) is 4. The second-order valence-electron chi connectivity index (χ2n) is 5.57. The molecule has 1 amide bonds. The maximum atomic E-state index is 11.8. The molecule has 1 aliphatic heterocycles. The number of rotatable bonds is 2. The molecule has 1 aliphatic rings. The first-order valence-corrected chi connectivity index (χ1v) is 6.51. The Morgan fingerprint density at radius 1 is 1.15 bits per heavy atom. The van der Waals surface area contributed by atoms with E-state index in [0.29, 0.717) is 24.6 Å². The Labute approximate surface area is 119 Å². The molecular weight excluding hydrogens is 258 g/mol. The van der Waals surface area contributed by atoms with Gasteiger partial charge in [-0.3, -0.25) is 0 Å². The van der Waals surface area contributed by atoms with Crippen LogP contribution < -0.4 is 9.47 Å². The molecule has 0 bridgehead atoms. The van der Waals surface area contributed by atoms with Crippen LogP contribution >= 0.6 is 0 Å². The Balaban J connectivity index is 2.48. The summed E-state index contributed by atoms with van der Waals surface area (Å²) in [4.78, 5) is 13.5. The minimum absolute atomic E-state index is 0.165. The highest BCUT2D eigenvalue weighted by atomic mass is 16.5. The van der Waals surface area contributed by atoms with Crippen LogP contribution in [0.2, 0.25) is 0 Å². The Hall–Kier alpha value is -1.91. The van der Waals surface area contributed by atoms with Crippen molar-refractivity contribution in [3.8, 4) is 11.5 Å². The highest BCUT2D eigenvalue weighted by molar-refractivity contribution is 5.68. The Kier molecular flexibility index (Phi) is 3.79. The molecule has 1 heterocycles. The molecule has 0 aromatic heterocycles. The molecule has 110 valence electrons. The first-order valence-electron chi connectivity index (χ1n) is 6.51. The molecule has 5 nitrogen and oxygen atoms in total. The second-order valence-corrected chi connectivity index (χ2v) is 5.57. The summed E-state index contributed by atoms with van der Waals surface area (Å²) >= 11 is 0. The van der Waals surface area contributed by atoms with Crippen LogP contribution in [0.4, 0.5) is 4.79 Å². The van der Waals surface area contributed by atoms with Gasteiger partial charge in [-0.1, -0.05) is 13.8 Å². The van der Waals surface area contributed by atoms with Crippen molar-refractivity contribution >= 4 is 6.09 Å². The second kappa shape index (κ2) is 5.23. The maximum Gasteiger partial charge on any atom is 0.409 e. The lowest BCUT2D eigenvalue weighted by Gasteiger charge is -2.39. The molecule has 0 saturated carbocycles. The number of fused-ring (bicyclic) bond motifs is 1. The summed E-state index contributed by atoms with van der Waals surface area (Å²) in [5, 5.41) is 0. The minimum Gasteiger partial charge on any atom is -0.493 e. The van der Waals surface area contributed by atoms with Gasteiger partial charge in [-0.25, -0.2) is 4.79 Å². The van der Waals surface area contributed by atoms with Crippen molar-refractivity contribution in [2.75, 3.05) is 27.9 Å². The molecule has 2 rings (SSSR count). The van der Waals surface area contributed by atoms with E-state index in [1.54, 1.807) is 19.1 Å². The standard InChI is InChI=1S/C15H21NO4/c1-15(2)9-16(14(17)20-5)8-10-6-12(18-3)13(19-4)7-11(10)15/h6-7H,8-9H2,1-5H3. The van der Waals surface area contributed by atoms with Crippen LogP contribution in [-0.4, -0.2) is 38.9 Å². The fraction of sp³-hybridized carbons (Fsp3) is 0.533. The Morgan fingerprint density at radius 2 is 1.75 bits per heavy atom. The summed E-state index contributed by atoms with van der Waals surface area (Å²) in [6.45, 7) is 5.34. The lowest BCUT2D eigenvalue weighted by atomic mass is 9.78. The van der Waals surface area contributed by atoms with Gasteiger partial charge in [0.1, 0.15) is 0 Å². The number of carbonyl (C=O) groups excluding carboxylic acids is 1. The summed E-state index contributed by atoms with van der Waals surface area (Å²) in [6.07, 6.45) is -0.307. The molecule has 0 atom stereocenters. The van der Waals surface area contributed by atoms with Crippen molar-refractivity contribution in [1.82, 2.24) is 4.90 Å². The van der Waals surface area contributed by atoms with Gasteiger partial charge in [-0.2, -0.15) is 0 Å². The topological polar surface area (TPSA) is 48.0 Å². The quantitative estimate of drug-likeness (QED) is 0.834. The van der Waals surface area contributed by atoms with E-state index >= 15 is 0 Å². The largest absolute Gasteiger partial charge is 0.493 e. The van der Waals surface area contributed by atoms with Crippen molar-refractivity contribution in [1.29, 1.82) is 0 Å². The van der Waals surface area contributed by atoms with E-state index in [-0.39, 0.29) is 11.5 Å². The van der Waals surface area contributed by atoms with Crippen molar-refractivity contribution in [3.05, 3.63) is 23.3 Å². The van der Waals surface area contributed by atoms with Crippen LogP contribution in [0.25, 0.3) is 0 Å². The fourth-order valence-corrected chi connectivity index (χ4v) is 2.76. The molecule has 1 aromatic carbocycles. The van der Waals surface area contributed by atoms with Crippen LogP contribution in [0.1, 0.15) is 25.0 Å². The third-order valence-electron chi connectivity index (χ3n) is 3.72. The number of hydrogen-bond donors (Lipinski definition) is 0. The van der Waals surface area contributed by atoms with Gasteiger partial charge in [0.15, 0.2) is 11.5 Å². The van der Waals surface area contributed by atoms with Crippen LogP contribution in [-0.2, 0) is 16.7 Å². The summed E-state index contributed by atoms with van der Waals surface area (Å²) in [5.74, 6) is 1.39. The zero-order valence-corrected chi connectivity index (χ0v) is 12.6. The molecule has 0 aliphatic carbocycles. The first kappa shape index (κ1) is 14.5. The number of nitrogens with zero attached hydrogens (tertiary/aromatic N) is 1. The van der Waals surface area contributed by atoms with Crippen molar-refractivity contribution < 1.29 is 19.0 Å². The van der Waals surface area contributed by atoms with Crippen molar-refractivity contribution in [3.63, 3.8) is 0 Å². The average molecular weight is 279 g/mol. The predicted molar refractivity (Wildman–Crippen MR) is 75.4 cm³/mol. The van der Waals surface area contributed by atoms with E-state index in [4.69, 9.17) is 14.2 Å². The van der Waals surface area contributed by atoms with Gasteiger partial charge in [0, 0.05) is 18.5 Å². The van der Waals surface area contributed by atoms with E-state index in [0.717, 1.165) is 5.56 Å². The highest BCUT2D eigenvalue weighted by Gasteiger charge is 2.35. The highest BCUT2D eigenvalue weighted by Crippen LogP contribution is 2.40. The monoisotopic (exact) mass is 279 g/mol. The number of methoxy groups -OCH3 is 3. The van der Waals surface area contributed by atoms with E-state index in [2.05, 4.69) is 13.8 Å². The van der Waals surface area contributed by atoms with Crippen LogP contribution in [0.15, 0.2) is 12.1 Å². The number of ether oxygens (including phenoxy) is 3. The first-order chi connectivity index (χ1) is 9.42. The van der Waals surface area contributed by atoms with Gasteiger partial charge >= 0.3 is 6.09 Å². The third-order valence-corrected chi connectivity index (χ3v) is 3.72. The molecular formula is C15H21NO4. The molecule has 0 saturated heterocycles. The molecule has 0 radical (unpaired) electrons. The molecule has 0 N–H and O–H groups in total. The van der Waals surface area contributed by atoms with Crippen molar-refractivity contribution in [2.24, 2.45) is 0 Å². The molecule has 5 heteroatoms. The Morgan fingerprint density at radius 3 is 2.30 bits per heavy atom. The van der Waals surface area contributed by atoms with E-state index in [1.165, 1.54) is 12.7 Å². The van der Waals surface area contributed by atoms with E-state index < -0.39 is 0 Å². The Bertz CT molecular complexity index is 525. The molecule has 0 unspecified atom stereocenters. The summed E-state index contributed by atoms with van der Waals surface area (Å²) in [7, 11) is 4.64.